The van der Waals surface area contributed by atoms with Crippen molar-refractivity contribution in [2.45, 2.75) is 25.2 Å². The lowest BCUT2D eigenvalue weighted by atomic mass is 10.2. The third-order valence-corrected chi connectivity index (χ3v) is 5.60. The third-order valence-electron chi connectivity index (χ3n) is 3.61. The summed E-state index contributed by atoms with van der Waals surface area (Å²) < 4.78 is 26.9. The summed E-state index contributed by atoms with van der Waals surface area (Å²) in [5.41, 5.74) is 1.93. The number of nitrogens with one attached hydrogen (secondary N) is 1. The van der Waals surface area contributed by atoms with Gasteiger partial charge in [0.15, 0.2) is 0 Å². The number of rotatable bonds is 6. The Balaban J connectivity index is 2.20. The SMILES string of the molecule is CC(=O)Nc1ccc(C)c(S(=O)(=O)N(C)CCc2ccccn2)c1. The van der Waals surface area contributed by atoms with E-state index in [-0.39, 0.29) is 10.8 Å². The molecule has 1 amide bonds. The first-order valence-electron chi connectivity index (χ1n) is 7.55. The molecule has 1 aromatic carbocycles. The molecule has 0 fully saturated rings. The number of carbonyl (C=O) groups is 1. The van der Waals surface area contributed by atoms with Crippen molar-refractivity contribution < 1.29 is 13.2 Å². The number of sulfonamides is 1. The highest BCUT2D eigenvalue weighted by Crippen LogP contribution is 2.23. The van der Waals surface area contributed by atoms with Crippen molar-refractivity contribution in [1.29, 1.82) is 0 Å². The highest BCUT2D eigenvalue weighted by atomic mass is 32.2. The van der Waals surface area contributed by atoms with Gasteiger partial charge in [-0.25, -0.2) is 12.7 Å². The van der Waals surface area contributed by atoms with Gasteiger partial charge in [-0.15, -0.1) is 0 Å². The smallest absolute Gasteiger partial charge is 0.243 e. The van der Waals surface area contributed by atoms with Crippen LogP contribution < -0.4 is 5.32 Å². The zero-order chi connectivity index (χ0) is 17.7. The molecule has 1 N–H and O–H groups in total. The predicted molar refractivity (Wildman–Crippen MR) is 93.2 cm³/mol. The first-order valence-corrected chi connectivity index (χ1v) is 8.99. The van der Waals surface area contributed by atoms with E-state index in [1.165, 1.54) is 17.3 Å². The van der Waals surface area contributed by atoms with Crippen LogP contribution in [0.3, 0.4) is 0 Å². The monoisotopic (exact) mass is 347 g/mol. The second-order valence-corrected chi connectivity index (χ2v) is 7.57. The summed E-state index contributed by atoms with van der Waals surface area (Å²) in [5, 5.41) is 2.61. The highest BCUT2D eigenvalue weighted by molar-refractivity contribution is 7.89. The Morgan fingerprint density at radius 2 is 2.00 bits per heavy atom. The molecule has 0 atom stereocenters. The minimum absolute atomic E-state index is 0.192. The number of likely N-dealkylation sites (N-methyl/N-ethyl adjacent to an activating group) is 1. The molecule has 24 heavy (non-hydrogen) atoms. The zero-order valence-corrected chi connectivity index (χ0v) is 14.8. The van der Waals surface area contributed by atoms with Gasteiger partial charge in [0.25, 0.3) is 0 Å². The quantitative estimate of drug-likeness (QED) is 0.869. The Bertz CT molecular complexity index is 820. The summed E-state index contributed by atoms with van der Waals surface area (Å²) in [7, 11) is -2.10. The summed E-state index contributed by atoms with van der Waals surface area (Å²) >= 11 is 0. The summed E-state index contributed by atoms with van der Waals surface area (Å²) in [6.07, 6.45) is 2.21. The van der Waals surface area contributed by atoms with Gasteiger partial charge in [0.05, 0.1) is 4.90 Å². The van der Waals surface area contributed by atoms with Crippen LogP contribution in [0.25, 0.3) is 0 Å². The van der Waals surface area contributed by atoms with Crippen molar-refractivity contribution in [3.8, 4) is 0 Å². The van der Waals surface area contributed by atoms with Crippen LogP contribution in [-0.4, -0.2) is 37.2 Å². The normalized spacial score (nSPS) is 11.5. The Labute approximate surface area is 142 Å². The van der Waals surface area contributed by atoms with E-state index < -0.39 is 10.0 Å². The zero-order valence-electron chi connectivity index (χ0n) is 14.0. The Morgan fingerprint density at radius 3 is 2.62 bits per heavy atom. The van der Waals surface area contributed by atoms with Crippen LogP contribution in [-0.2, 0) is 21.2 Å². The minimum Gasteiger partial charge on any atom is -0.326 e. The second-order valence-electron chi connectivity index (χ2n) is 5.56. The van der Waals surface area contributed by atoms with E-state index in [2.05, 4.69) is 10.3 Å². The molecule has 0 radical (unpaired) electrons. The fraction of sp³-hybridized carbons (Fsp3) is 0.294. The molecule has 0 aliphatic carbocycles. The Hall–Kier alpha value is -2.25. The van der Waals surface area contributed by atoms with E-state index in [0.717, 1.165) is 5.69 Å². The van der Waals surface area contributed by atoms with Gasteiger partial charge in [0.2, 0.25) is 15.9 Å². The third kappa shape index (κ3) is 4.39. The predicted octanol–water partition coefficient (Wildman–Crippen LogP) is 2.21. The maximum Gasteiger partial charge on any atom is 0.243 e. The number of nitrogens with zero attached hydrogens (tertiary/aromatic N) is 2. The molecule has 0 unspecified atom stereocenters. The molecule has 6 nitrogen and oxygen atoms in total. The lowest BCUT2D eigenvalue weighted by Crippen LogP contribution is -2.29. The van der Waals surface area contributed by atoms with Crippen LogP contribution in [0.5, 0.6) is 0 Å². The van der Waals surface area contributed by atoms with E-state index >= 15 is 0 Å². The van der Waals surface area contributed by atoms with Gasteiger partial charge in [0, 0.05) is 44.5 Å². The fourth-order valence-corrected chi connectivity index (χ4v) is 3.68. The van der Waals surface area contributed by atoms with Gasteiger partial charge in [-0.05, 0) is 36.8 Å². The van der Waals surface area contributed by atoms with Crippen molar-refractivity contribution in [3.05, 3.63) is 53.9 Å². The van der Waals surface area contributed by atoms with E-state index in [1.807, 2.05) is 18.2 Å². The number of aryl methyl sites for hydroxylation is 1. The van der Waals surface area contributed by atoms with Crippen molar-refractivity contribution >= 4 is 21.6 Å². The molecular formula is C17H21N3O3S. The molecule has 0 saturated carbocycles. The van der Waals surface area contributed by atoms with Crippen LogP contribution in [0.4, 0.5) is 5.69 Å². The van der Waals surface area contributed by atoms with E-state index in [4.69, 9.17) is 0 Å². The van der Waals surface area contributed by atoms with Crippen LogP contribution >= 0.6 is 0 Å². The van der Waals surface area contributed by atoms with Crippen molar-refractivity contribution in [1.82, 2.24) is 9.29 Å². The van der Waals surface area contributed by atoms with Gasteiger partial charge in [-0.2, -0.15) is 0 Å². The van der Waals surface area contributed by atoms with Crippen LogP contribution in [0, 0.1) is 6.92 Å². The molecule has 2 rings (SSSR count). The Kier molecular flexibility index (Phi) is 5.69. The van der Waals surface area contributed by atoms with Crippen LogP contribution in [0.15, 0.2) is 47.5 Å². The van der Waals surface area contributed by atoms with Crippen LogP contribution in [0.2, 0.25) is 0 Å². The largest absolute Gasteiger partial charge is 0.326 e. The lowest BCUT2D eigenvalue weighted by molar-refractivity contribution is -0.114. The maximum absolute atomic E-state index is 12.8. The van der Waals surface area contributed by atoms with Crippen molar-refractivity contribution in [2.75, 3.05) is 18.9 Å². The molecule has 0 aliphatic rings. The molecular weight excluding hydrogens is 326 g/mol. The molecule has 0 bridgehead atoms. The lowest BCUT2D eigenvalue weighted by Gasteiger charge is -2.19. The summed E-state index contributed by atoms with van der Waals surface area (Å²) in [5.74, 6) is -0.245. The van der Waals surface area contributed by atoms with Gasteiger partial charge in [-0.3, -0.25) is 9.78 Å². The number of carbonyl (C=O) groups excluding carboxylic acids is 1. The summed E-state index contributed by atoms with van der Waals surface area (Å²) in [6.45, 7) is 3.44. The topological polar surface area (TPSA) is 79.4 Å². The van der Waals surface area contributed by atoms with Crippen molar-refractivity contribution in [2.24, 2.45) is 0 Å². The van der Waals surface area contributed by atoms with E-state index in [9.17, 15) is 13.2 Å². The number of amides is 1. The molecule has 7 heteroatoms. The van der Waals surface area contributed by atoms with Gasteiger partial charge in [-0.1, -0.05) is 12.1 Å². The molecule has 0 saturated heterocycles. The average molecular weight is 347 g/mol. The molecule has 1 aromatic heterocycles. The number of aromatic nitrogens is 1. The molecule has 1 heterocycles. The Morgan fingerprint density at radius 1 is 1.25 bits per heavy atom. The number of pyridine rings is 1. The average Bonchev–Trinajstić information content (AvgIpc) is 2.54. The number of hydrogen-bond donors (Lipinski definition) is 1. The van der Waals surface area contributed by atoms with Crippen LogP contribution in [0.1, 0.15) is 18.2 Å². The first kappa shape index (κ1) is 18.1. The van der Waals surface area contributed by atoms with E-state index in [0.29, 0.717) is 24.2 Å². The van der Waals surface area contributed by atoms with Gasteiger partial charge in [0.1, 0.15) is 0 Å². The van der Waals surface area contributed by atoms with Crippen molar-refractivity contribution in [3.63, 3.8) is 0 Å². The van der Waals surface area contributed by atoms with Gasteiger partial charge < -0.3 is 5.32 Å². The molecule has 128 valence electrons. The number of benzene rings is 1. The fourth-order valence-electron chi connectivity index (χ4n) is 2.27. The van der Waals surface area contributed by atoms with E-state index in [1.54, 1.807) is 32.3 Å². The standard InChI is InChI=1S/C17H21N3O3S/c1-13-7-8-16(19-14(2)21)12-17(13)24(22,23)20(3)11-9-15-6-4-5-10-18-15/h4-8,10,12H,9,11H2,1-3H3,(H,19,21). The summed E-state index contributed by atoms with van der Waals surface area (Å²) in [4.78, 5) is 15.6. The maximum atomic E-state index is 12.8. The molecule has 2 aromatic rings. The molecule has 0 aliphatic heterocycles. The summed E-state index contributed by atoms with van der Waals surface area (Å²) in [6, 6.07) is 10.4. The highest BCUT2D eigenvalue weighted by Gasteiger charge is 2.23. The number of hydrogen-bond acceptors (Lipinski definition) is 4. The number of anilines is 1. The molecule has 0 spiro atoms. The minimum atomic E-state index is -3.64. The van der Waals surface area contributed by atoms with Gasteiger partial charge >= 0.3 is 0 Å². The second kappa shape index (κ2) is 7.55. The first-order chi connectivity index (χ1) is 11.3.